The van der Waals surface area contributed by atoms with Crippen molar-refractivity contribution in [3.05, 3.63) is 82.2 Å². The highest BCUT2D eigenvalue weighted by Crippen LogP contribution is 2.20. The topological polar surface area (TPSA) is 77.1 Å². The summed E-state index contributed by atoms with van der Waals surface area (Å²) in [5.74, 6) is 1.06. The Balaban J connectivity index is 1.70. The van der Waals surface area contributed by atoms with Gasteiger partial charge in [-0.15, -0.1) is 0 Å². The van der Waals surface area contributed by atoms with Crippen LogP contribution < -0.4 is 10.9 Å². The van der Waals surface area contributed by atoms with E-state index in [2.05, 4.69) is 10.3 Å². The molecular formula is C19H19N3O3S. The first kappa shape index (κ1) is 18.0. The third-order valence-electron chi connectivity index (χ3n) is 3.65. The van der Waals surface area contributed by atoms with Gasteiger partial charge in [0, 0.05) is 17.5 Å². The molecule has 0 fully saturated rings. The lowest BCUT2D eigenvalue weighted by molar-refractivity contribution is -0.122. The summed E-state index contributed by atoms with van der Waals surface area (Å²) in [6.45, 7) is 1.98. The van der Waals surface area contributed by atoms with Crippen LogP contribution in [0.3, 0.4) is 0 Å². The van der Waals surface area contributed by atoms with Gasteiger partial charge in [-0.1, -0.05) is 42.1 Å². The maximum Gasteiger partial charge on any atom is 0.254 e. The van der Waals surface area contributed by atoms with Gasteiger partial charge in [0.15, 0.2) is 5.16 Å². The van der Waals surface area contributed by atoms with Crippen LogP contribution in [-0.4, -0.2) is 15.5 Å². The van der Waals surface area contributed by atoms with Gasteiger partial charge in [-0.05, 0) is 24.6 Å². The fourth-order valence-electron chi connectivity index (χ4n) is 2.37. The number of aromatic nitrogens is 2. The number of rotatable bonds is 7. The molecule has 0 saturated heterocycles. The minimum absolute atomic E-state index is 0.0794. The van der Waals surface area contributed by atoms with Crippen molar-refractivity contribution in [2.75, 3.05) is 0 Å². The molecule has 0 atom stereocenters. The lowest BCUT2D eigenvalue weighted by atomic mass is 10.2. The van der Waals surface area contributed by atoms with Gasteiger partial charge in [0.1, 0.15) is 12.3 Å². The molecule has 0 bridgehead atoms. The molecule has 0 saturated carbocycles. The largest absolute Gasteiger partial charge is 0.467 e. The summed E-state index contributed by atoms with van der Waals surface area (Å²) in [5.41, 5.74) is 1.53. The van der Waals surface area contributed by atoms with Crippen molar-refractivity contribution in [1.82, 2.24) is 14.9 Å². The van der Waals surface area contributed by atoms with E-state index in [-0.39, 0.29) is 24.6 Å². The normalized spacial score (nSPS) is 10.7. The van der Waals surface area contributed by atoms with E-state index in [1.807, 2.05) is 30.3 Å². The van der Waals surface area contributed by atoms with Crippen molar-refractivity contribution in [3.63, 3.8) is 0 Å². The second kappa shape index (κ2) is 8.53. The molecular weight excluding hydrogens is 350 g/mol. The molecule has 0 unspecified atom stereocenters. The molecule has 26 heavy (non-hydrogen) atoms. The van der Waals surface area contributed by atoms with Crippen molar-refractivity contribution in [2.24, 2.45) is 0 Å². The summed E-state index contributed by atoms with van der Waals surface area (Å²) in [6, 6.07) is 14.9. The Kier molecular flexibility index (Phi) is 5.91. The molecule has 0 aliphatic heterocycles. The van der Waals surface area contributed by atoms with Crippen molar-refractivity contribution in [1.29, 1.82) is 0 Å². The van der Waals surface area contributed by atoms with E-state index in [0.717, 1.165) is 5.56 Å². The Bertz CT molecular complexity index is 921. The third kappa shape index (κ3) is 4.86. The second-order valence-electron chi connectivity index (χ2n) is 5.73. The monoisotopic (exact) mass is 369 g/mol. The molecule has 3 aromatic rings. The molecule has 0 aliphatic rings. The predicted octanol–water partition coefficient (Wildman–Crippen LogP) is 2.75. The number of nitrogens with zero attached hydrogens (tertiary/aromatic N) is 2. The highest BCUT2D eigenvalue weighted by Gasteiger charge is 2.12. The number of furan rings is 1. The predicted molar refractivity (Wildman–Crippen MR) is 99.8 cm³/mol. The van der Waals surface area contributed by atoms with E-state index in [4.69, 9.17) is 4.42 Å². The summed E-state index contributed by atoms with van der Waals surface area (Å²) in [4.78, 5) is 29.0. The number of aryl methyl sites for hydroxylation is 1. The number of carbonyl (C=O) groups excluding carboxylic acids is 1. The van der Waals surface area contributed by atoms with Crippen molar-refractivity contribution in [3.8, 4) is 0 Å². The summed E-state index contributed by atoms with van der Waals surface area (Å²) in [6.07, 6.45) is 1.55. The number of benzene rings is 1. The Morgan fingerprint density at radius 2 is 2.04 bits per heavy atom. The minimum Gasteiger partial charge on any atom is -0.467 e. The quantitative estimate of drug-likeness (QED) is 0.512. The van der Waals surface area contributed by atoms with Crippen LogP contribution in [0, 0.1) is 6.92 Å². The van der Waals surface area contributed by atoms with Gasteiger partial charge < -0.3 is 9.73 Å². The Hall–Kier alpha value is -2.80. The van der Waals surface area contributed by atoms with E-state index < -0.39 is 0 Å². The Morgan fingerprint density at radius 1 is 1.23 bits per heavy atom. The third-order valence-corrected chi connectivity index (χ3v) is 4.70. The van der Waals surface area contributed by atoms with E-state index in [1.165, 1.54) is 22.4 Å². The highest BCUT2D eigenvalue weighted by molar-refractivity contribution is 7.98. The van der Waals surface area contributed by atoms with Gasteiger partial charge in [0.05, 0.1) is 12.8 Å². The maximum absolute atomic E-state index is 12.4. The van der Waals surface area contributed by atoms with E-state index in [0.29, 0.717) is 22.4 Å². The SMILES string of the molecule is Cc1cc(=O)n(CC(=O)NCc2ccco2)c(SCc2ccccc2)n1. The zero-order valence-corrected chi connectivity index (χ0v) is 15.2. The van der Waals surface area contributed by atoms with Gasteiger partial charge in [-0.25, -0.2) is 4.98 Å². The summed E-state index contributed by atoms with van der Waals surface area (Å²) in [5, 5.41) is 3.28. The van der Waals surface area contributed by atoms with Crippen LogP contribution in [0.5, 0.6) is 0 Å². The van der Waals surface area contributed by atoms with Gasteiger partial charge in [0.25, 0.3) is 5.56 Å². The van der Waals surface area contributed by atoms with Crippen LogP contribution in [0.2, 0.25) is 0 Å². The van der Waals surface area contributed by atoms with Crippen molar-refractivity contribution >= 4 is 17.7 Å². The van der Waals surface area contributed by atoms with Crippen LogP contribution in [0.25, 0.3) is 0 Å². The first-order chi connectivity index (χ1) is 12.6. The second-order valence-corrected chi connectivity index (χ2v) is 6.68. The molecule has 2 aromatic heterocycles. The van der Waals surface area contributed by atoms with Crippen LogP contribution in [-0.2, 0) is 23.6 Å². The molecule has 6 nitrogen and oxygen atoms in total. The molecule has 1 amide bonds. The zero-order valence-electron chi connectivity index (χ0n) is 14.3. The van der Waals surface area contributed by atoms with Crippen LogP contribution in [0.15, 0.2) is 69.2 Å². The molecule has 1 aromatic carbocycles. The van der Waals surface area contributed by atoms with Crippen molar-refractivity contribution in [2.45, 2.75) is 30.9 Å². The first-order valence-corrected chi connectivity index (χ1v) is 9.14. The number of carbonyl (C=O) groups is 1. The number of nitrogens with one attached hydrogen (secondary N) is 1. The van der Waals surface area contributed by atoms with Gasteiger partial charge >= 0.3 is 0 Å². The number of amides is 1. The fraction of sp³-hybridized carbons (Fsp3) is 0.211. The average Bonchev–Trinajstić information content (AvgIpc) is 3.15. The Morgan fingerprint density at radius 3 is 2.77 bits per heavy atom. The van der Waals surface area contributed by atoms with Gasteiger partial charge in [-0.2, -0.15) is 0 Å². The van der Waals surface area contributed by atoms with Crippen LogP contribution in [0.1, 0.15) is 17.0 Å². The van der Waals surface area contributed by atoms with E-state index in [1.54, 1.807) is 25.3 Å². The molecule has 0 radical (unpaired) electrons. The molecule has 134 valence electrons. The standard InChI is InChI=1S/C19H19N3O3S/c1-14-10-18(24)22(12-17(23)20-11-16-8-5-9-25-16)19(21-14)26-13-15-6-3-2-4-7-15/h2-10H,11-13H2,1H3,(H,20,23). The maximum atomic E-state index is 12.4. The summed E-state index contributed by atoms with van der Waals surface area (Å²) >= 11 is 1.44. The van der Waals surface area contributed by atoms with Crippen molar-refractivity contribution < 1.29 is 9.21 Å². The molecule has 0 spiro atoms. The smallest absolute Gasteiger partial charge is 0.254 e. The highest BCUT2D eigenvalue weighted by atomic mass is 32.2. The zero-order chi connectivity index (χ0) is 18.4. The molecule has 7 heteroatoms. The van der Waals surface area contributed by atoms with Gasteiger partial charge in [-0.3, -0.25) is 14.2 Å². The average molecular weight is 369 g/mol. The first-order valence-electron chi connectivity index (χ1n) is 8.16. The van der Waals surface area contributed by atoms with Crippen LogP contribution in [0.4, 0.5) is 0 Å². The number of hydrogen-bond acceptors (Lipinski definition) is 5. The molecule has 1 N–H and O–H groups in total. The molecule has 3 rings (SSSR count). The van der Waals surface area contributed by atoms with E-state index >= 15 is 0 Å². The fourth-order valence-corrected chi connectivity index (χ4v) is 3.38. The summed E-state index contributed by atoms with van der Waals surface area (Å²) < 4.78 is 6.59. The minimum atomic E-state index is -0.268. The Labute approximate surface area is 155 Å². The molecule has 0 aliphatic carbocycles. The number of hydrogen-bond donors (Lipinski definition) is 1. The summed E-state index contributed by atoms with van der Waals surface area (Å²) in [7, 11) is 0. The van der Waals surface area contributed by atoms with Crippen LogP contribution >= 0.6 is 11.8 Å². The number of thioether (sulfide) groups is 1. The lowest BCUT2D eigenvalue weighted by Gasteiger charge is -2.12. The lowest BCUT2D eigenvalue weighted by Crippen LogP contribution is -2.33. The van der Waals surface area contributed by atoms with E-state index in [9.17, 15) is 9.59 Å². The van der Waals surface area contributed by atoms with Gasteiger partial charge in [0.2, 0.25) is 5.91 Å². The molecule has 2 heterocycles.